The molecule has 2 amide bonds. The molecule has 1 fully saturated rings. The Labute approximate surface area is 131 Å². The molecule has 0 spiro atoms. The van der Waals surface area contributed by atoms with Crippen molar-refractivity contribution in [3.63, 3.8) is 0 Å². The van der Waals surface area contributed by atoms with E-state index in [0.29, 0.717) is 24.3 Å². The molecule has 22 heavy (non-hydrogen) atoms. The number of amides is 2. The van der Waals surface area contributed by atoms with Crippen molar-refractivity contribution in [2.45, 2.75) is 12.8 Å². The minimum atomic E-state index is -0.218. The SMILES string of the molecule is CN1CCC(C(=O)Nc2ccccc2C(=O)NCCN)CC1. The molecule has 2 rings (SSSR count). The molecule has 120 valence electrons. The number of nitrogens with two attached hydrogens (primary N) is 1. The largest absolute Gasteiger partial charge is 0.351 e. The van der Waals surface area contributed by atoms with Gasteiger partial charge >= 0.3 is 0 Å². The van der Waals surface area contributed by atoms with Crippen LogP contribution in [-0.4, -0.2) is 49.9 Å². The average Bonchev–Trinajstić information content (AvgIpc) is 2.53. The molecule has 4 N–H and O–H groups in total. The molecule has 0 aliphatic carbocycles. The Bertz CT molecular complexity index is 525. The van der Waals surface area contributed by atoms with Crippen LogP contribution >= 0.6 is 0 Å². The summed E-state index contributed by atoms with van der Waals surface area (Å²) in [5.41, 5.74) is 6.42. The number of nitrogens with one attached hydrogen (secondary N) is 2. The Hall–Kier alpha value is -1.92. The number of anilines is 1. The first-order valence-corrected chi connectivity index (χ1v) is 7.68. The number of rotatable bonds is 5. The topological polar surface area (TPSA) is 87.5 Å². The maximum Gasteiger partial charge on any atom is 0.253 e. The lowest BCUT2D eigenvalue weighted by Crippen LogP contribution is -2.36. The lowest BCUT2D eigenvalue weighted by atomic mass is 9.96. The third-order valence-corrected chi connectivity index (χ3v) is 3.95. The predicted octanol–water partition coefficient (Wildman–Crippen LogP) is 0.655. The van der Waals surface area contributed by atoms with E-state index >= 15 is 0 Å². The highest BCUT2D eigenvalue weighted by molar-refractivity contribution is 6.04. The molecule has 0 atom stereocenters. The fourth-order valence-electron chi connectivity index (χ4n) is 2.58. The quantitative estimate of drug-likeness (QED) is 0.745. The molecule has 1 saturated heterocycles. The number of piperidine rings is 1. The van der Waals surface area contributed by atoms with E-state index in [1.807, 2.05) is 6.07 Å². The summed E-state index contributed by atoms with van der Waals surface area (Å²) in [4.78, 5) is 26.7. The van der Waals surface area contributed by atoms with Crippen molar-refractivity contribution in [2.24, 2.45) is 11.7 Å². The highest BCUT2D eigenvalue weighted by Crippen LogP contribution is 2.20. The van der Waals surface area contributed by atoms with Crippen LogP contribution in [0.5, 0.6) is 0 Å². The van der Waals surface area contributed by atoms with Gasteiger partial charge in [0, 0.05) is 19.0 Å². The summed E-state index contributed by atoms with van der Waals surface area (Å²) in [6.07, 6.45) is 1.70. The van der Waals surface area contributed by atoms with Crippen molar-refractivity contribution in [3.8, 4) is 0 Å². The number of carbonyl (C=O) groups is 2. The van der Waals surface area contributed by atoms with E-state index in [1.165, 1.54) is 0 Å². The second kappa shape index (κ2) is 7.91. The van der Waals surface area contributed by atoms with Crippen molar-refractivity contribution < 1.29 is 9.59 Å². The minimum Gasteiger partial charge on any atom is -0.351 e. The van der Waals surface area contributed by atoms with Crippen LogP contribution in [0.1, 0.15) is 23.2 Å². The van der Waals surface area contributed by atoms with Crippen molar-refractivity contribution in [3.05, 3.63) is 29.8 Å². The predicted molar refractivity (Wildman–Crippen MR) is 86.7 cm³/mol. The fourth-order valence-corrected chi connectivity index (χ4v) is 2.58. The van der Waals surface area contributed by atoms with Gasteiger partial charge in [-0.3, -0.25) is 9.59 Å². The van der Waals surface area contributed by atoms with E-state index in [9.17, 15) is 9.59 Å². The van der Waals surface area contributed by atoms with Gasteiger partial charge < -0.3 is 21.3 Å². The Morgan fingerprint density at radius 1 is 1.27 bits per heavy atom. The Morgan fingerprint density at radius 2 is 1.95 bits per heavy atom. The van der Waals surface area contributed by atoms with Crippen LogP contribution in [0.3, 0.4) is 0 Å². The van der Waals surface area contributed by atoms with Crippen LogP contribution in [0.25, 0.3) is 0 Å². The van der Waals surface area contributed by atoms with Crippen molar-refractivity contribution in [1.29, 1.82) is 0 Å². The highest BCUT2D eigenvalue weighted by Gasteiger charge is 2.24. The molecule has 1 aromatic carbocycles. The molecular formula is C16H24N4O2. The Morgan fingerprint density at radius 3 is 2.64 bits per heavy atom. The number of carbonyl (C=O) groups excluding carboxylic acids is 2. The molecule has 1 aliphatic heterocycles. The maximum absolute atomic E-state index is 12.4. The summed E-state index contributed by atoms with van der Waals surface area (Å²) in [7, 11) is 2.06. The molecule has 0 radical (unpaired) electrons. The smallest absolute Gasteiger partial charge is 0.253 e. The van der Waals surface area contributed by atoms with Gasteiger partial charge in [-0.25, -0.2) is 0 Å². The van der Waals surface area contributed by atoms with Crippen LogP contribution in [0, 0.1) is 5.92 Å². The van der Waals surface area contributed by atoms with E-state index < -0.39 is 0 Å². The monoisotopic (exact) mass is 304 g/mol. The van der Waals surface area contributed by atoms with Gasteiger partial charge in [-0.1, -0.05) is 12.1 Å². The first kappa shape index (κ1) is 16.5. The third kappa shape index (κ3) is 4.29. The van der Waals surface area contributed by atoms with E-state index in [0.717, 1.165) is 25.9 Å². The zero-order valence-electron chi connectivity index (χ0n) is 13.0. The van der Waals surface area contributed by atoms with Crippen molar-refractivity contribution >= 4 is 17.5 Å². The zero-order chi connectivity index (χ0) is 15.9. The standard InChI is InChI=1S/C16H24N4O2/c1-20-10-6-12(7-11-20)15(21)19-14-5-3-2-4-13(14)16(22)18-9-8-17/h2-5,12H,6-11,17H2,1H3,(H,18,22)(H,19,21). The van der Waals surface area contributed by atoms with E-state index in [-0.39, 0.29) is 17.7 Å². The van der Waals surface area contributed by atoms with Gasteiger partial charge in [0.05, 0.1) is 11.3 Å². The molecular weight excluding hydrogens is 280 g/mol. The second-order valence-electron chi connectivity index (χ2n) is 5.66. The van der Waals surface area contributed by atoms with E-state index in [4.69, 9.17) is 5.73 Å². The first-order valence-electron chi connectivity index (χ1n) is 7.68. The van der Waals surface area contributed by atoms with Crippen molar-refractivity contribution in [2.75, 3.05) is 38.5 Å². The highest BCUT2D eigenvalue weighted by atomic mass is 16.2. The lowest BCUT2D eigenvalue weighted by Gasteiger charge is -2.28. The summed E-state index contributed by atoms with van der Waals surface area (Å²) < 4.78 is 0. The number of likely N-dealkylation sites (tertiary alicyclic amines) is 1. The van der Waals surface area contributed by atoms with Gasteiger partial charge in [0.15, 0.2) is 0 Å². The van der Waals surface area contributed by atoms with Gasteiger partial charge in [0.1, 0.15) is 0 Å². The van der Waals surface area contributed by atoms with Crippen LogP contribution in [0.2, 0.25) is 0 Å². The van der Waals surface area contributed by atoms with Crippen LogP contribution < -0.4 is 16.4 Å². The number of hydrogen-bond donors (Lipinski definition) is 3. The summed E-state index contributed by atoms with van der Waals surface area (Å²) in [5, 5.41) is 5.63. The van der Waals surface area contributed by atoms with Crippen molar-refractivity contribution in [1.82, 2.24) is 10.2 Å². The molecule has 0 saturated carbocycles. The normalized spacial score (nSPS) is 16.3. The second-order valence-corrected chi connectivity index (χ2v) is 5.66. The summed E-state index contributed by atoms with van der Waals surface area (Å²) in [6.45, 7) is 2.65. The summed E-state index contributed by atoms with van der Waals surface area (Å²) in [5.74, 6) is -0.215. The molecule has 0 unspecified atom stereocenters. The molecule has 6 nitrogen and oxygen atoms in total. The summed E-state index contributed by atoms with van der Waals surface area (Å²) in [6, 6.07) is 7.05. The number of benzene rings is 1. The van der Waals surface area contributed by atoms with E-state index in [1.54, 1.807) is 18.2 Å². The Balaban J connectivity index is 2.03. The molecule has 6 heteroatoms. The number of nitrogens with zero attached hydrogens (tertiary/aromatic N) is 1. The zero-order valence-corrected chi connectivity index (χ0v) is 13.0. The fraction of sp³-hybridized carbons (Fsp3) is 0.500. The van der Waals surface area contributed by atoms with Gasteiger partial charge in [0.25, 0.3) is 5.91 Å². The van der Waals surface area contributed by atoms with Gasteiger partial charge in [-0.15, -0.1) is 0 Å². The first-order chi connectivity index (χ1) is 10.6. The number of hydrogen-bond acceptors (Lipinski definition) is 4. The minimum absolute atomic E-state index is 0.00725. The maximum atomic E-state index is 12.4. The van der Waals surface area contributed by atoms with Gasteiger partial charge in [0.2, 0.25) is 5.91 Å². The van der Waals surface area contributed by atoms with Gasteiger partial charge in [-0.05, 0) is 45.1 Å². The third-order valence-electron chi connectivity index (χ3n) is 3.95. The van der Waals surface area contributed by atoms with Crippen LogP contribution in [0.15, 0.2) is 24.3 Å². The Kier molecular flexibility index (Phi) is 5.91. The molecule has 1 aromatic rings. The number of para-hydroxylation sites is 1. The molecule has 1 heterocycles. The molecule has 1 aliphatic rings. The molecule has 0 bridgehead atoms. The lowest BCUT2D eigenvalue weighted by molar-refractivity contribution is -0.121. The van der Waals surface area contributed by atoms with Crippen LogP contribution in [-0.2, 0) is 4.79 Å². The summed E-state index contributed by atoms with van der Waals surface area (Å²) >= 11 is 0. The van der Waals surface area contributed by atoms with E-state index in [2.05, 4.69) is 22.6 Å². The van der Waals surface area contributed by atoms with Crippen LogP contribution in [0.4, 0.5) is 5.69 Å². The van der Waals surface area contributed by atoms with Gasteiger partial charge in [-0.2, -0.15) is 0 Å². The molecule has 0 aromatic heterocycles. The average molecular weight is 304 g/mol.